The molecule has 1 N–H and O–H groups in total. The molecular weight excluding hydrogens is 460 g/mol. The number of hydrogen-bond donors (Lipinski definition) is 1. The fraction of sp³-hybridized carbons (Fsp3) is 0.407. The van der Waals surface area contributed by atoms with Crippen molar-refractivity contribution in [3.8, 4) is 0 Å². The first-order chi connectivity index (χ1) is 17.1. The Labute approximate surface area is 210 Å². The first kappa shape index (κ1) is 23.6. The van der Waals surface area contributed by atoms with Gasteiger partial charge in [-0.25, -0.2) is 0 Å². The fourth-order valence-electron chi connectivity index (χ4n) is 4.54. The lowest BCUT2D eigenvalue weighted by molar-refractivity contribution is -0.121. The summed E-state index contributed by atoms with van der Waals surface area (Å²) in [5.74, 6) is -0.525. The topological polar surface area (TPSA) is 82.1 Å². The van der Waals surface area contributed by atoms with E-state index >= 15 is 0 Å². The van der Waals surface area contributed by atoms with Gasteiger partial charge in [-0.3, -0.25) is 14.4 Å². The number of amidine groups is 1. The molecule has 3 aliphatic rings. The highest BCUT2D eigenvalue weighted by atomic mass is 32.2. The molecule has 0 aromatic heterocycles. The lowest BCUT2D eigenvalue weighted by Gasteiger charge is -2.27. The number of hydrogen-bond acceptors (Lipinski definition) is 5. The normalized spacial score (nSPS) is 19.9. The Morgan fingerprint density at radius 3 is 2.54 bits per heavy atom. The molecule has 7 nitrogen and oxygen atoms in total. The minimum Gasteiger partial charge on any atom is -0.351 e. The lowest BCUT2D eigenvalue weighted by Crippen LogP contribution is -2.33. The van der Waals surface area contributed by atoms with Crippen LogP contribution in [0.5, 0.6) is 0 Å². The Kier molecular flexibility index (Phi) is 7.18. The van der Waals surface area contributed by atoms with E-state index in [1.807, 2.05) is 35.2 Å². The zero-order valence-electron chi connectivity index (χ0n) is 19.7. The Morgan fingerprint density at radius 2 is 1.80 bits per heavy atom. The molecule has 2 fully saturated rings. The Hall–Kier alpha value is -3.13. The van der Waals surface area contributed by atoms with Crippen LogP contribution < -0.4 is 5.32 Å². The van der Waals surface area contributed by atoms with Crippen LogP contribution in [-0.2, 0) is 16.1 Å². The van der Waals surface area contributed by atoms with Crippen molar-refractivity contribution in [2.45, 2.75) is 56.4 Å². The molecule has 0 spiro atoms. The quantitative estimate of drug-likeness (QED) is 0.626. The van der Waals surface area contributed by atoms with Gasteiger partial charge >= 0.3 is 0 Å². The molecular formula is C27H30N4O3S. The standard InChI is InChI=1S/C27H30N4O3S/c32-24(17-23-25(33)29-27(35-23)30-14-5-2-6-15-30)28-21-11-7-10-20(16-21)26(34)31(22-12-13-22)18-19-8-3-1-4-9-19/h1,3-4,7-11,16,22-23H,2,5-6,12-15,17-18H2,(H,28,32). The second kappa shape index (κ2) is 10.6. The van der Waals surface area contributed by atoms with Crippen LogP contribution in [0.25, 0.3) is 0 Å². The maximum Gasteiger partial charge on any atom is 0.262 e. The summed E-state index contributed by atoms with van der Waals surface area (Å²) in [6, 6.07) is 17.3. The van der Waals surface area contributed by atoms with Crippen LogP contribution in [0, 0.1) is 0 Å². The summed E-state index contributed by atoms with van der Waals surface area (Å²) in [6.45, 7) is 2.41. The van der Waals surface area contributed by atoms with Gasteiger partial charge in [0.2, 0.25) is 5.91 Å². The highest BCUT2D eigenvalue weighted by Gasteiger charge is 2.34. The van der Waals surface area contributed by atoms with Crippen LogP contribution in [0.2, 0.25) is 0 Å². The summed E-state index contributed by atoms with van der Waals surface area (Å²) in [7, 11) is 0. The van der Waals surface area contributed by atoms with Crippen LogP contribution in [0.3, 0.4) is 0 Å². The zero-order valence-corrected chi connectivity index (χ0v) is 20.5. The molecule has 0 bridgehead atoms. The van der Waals surface area contributed by atoms with Crippen LogP contribution in [-0.4, -0.2) is 57.1 Å². The van der Waals surface area contributed by atoms with E-state index in [-0.39, 0.29) is 30.2 Å². The van der Waals surface area contributed by atoms with Gasteiger partial charge < -0.3 is 15.1 Å². The van der Waals surface area contributed by atoms with Crippen LogP contribution in [0.1, 0.15) is 54.4 Å². The number of aliphatic imine (C=N–C) groups is 1. The summed E-state index contributed by atoms with van der Waals surface area (Å²) < 4.78 is 0. The smallest absolute Gasteiger partial charge is 0.262 e. The maximum absolute atomic E-state index is 13.3. The van der Waals surface area contributed by atoms with E-state index in [2.05, 4.69) is 15.2 Å². The Bertz CT molecular complexity index is 1130. The van der Waals surface area contributed by atoms with Crippen molar-refractivity contribution in [2.24, 2.45) is 4.99 Å². The molecule has 2 aromatic carbocycles. The molecule has 1 saturated heterocycles. The number of nitrogens with one attached hydrogen (secondary N) is 1. The average molecular weight is 491 g/mol. The van der Waals surface area contributed by atoms with Gasteiger partial charge in [0.1, 0.15) is 5.25 Å². The molecule has 0 radical (unpaired) electrons. The average Bonchev–Trinajstić information content (AvgIpc) is 3.66. The van der Waals surface area contributed by atoms with Gasteiger partial charge in [-0.05, 0) is 55.9 Å². The molecule has 182 valence electrons. The van der Waals surface area contributed by atoms with Crippen molar-refractivity contribution < 1.29 is 14.4 Å². The van der Waals surface area contributed by atoms with Crippen molar-refractivity contribution in [2.75, 3.05) is 18.4 Å². The molecule has 3 amide bonds. The maximum atomic E-state index is 13.3. The third-order valence-corrected chi connectivity index (χ3v) is 7.78. The first-order valence-electron chi connectivity index (χ1n) is 12.4. The third-order valence-electron chi connectivity index (χ3n) is 6.56. The van der Waals surface area contributed by atoms with Crippen LogP contribution in [0.15, 0.2) is 59.6 Å². The molecule has 2 heterocycles. The minimum absolute atomic E-state index is 0.0337. The summed E-state index contributed by atoms with van der Waals surface area (Å²) >= 11 is 1.39. The van der Waals surface area contributed by atoms with E-state index in [0.29, 0.717) is 17.8 Å². The Balaban J connectivity index is 1.19. The number of amides is 3. The minimum atomic E-state index is -0.493. The highest BCUT2D eigenvalue weighted by molar-refractivity contribution is 8.15. The number of benzene rings is 2. The number of piperidine rings is 1. The van der Waals surface area contributed by atoms with E-state index < -0.39 is 5.25 Å². The van der Waals surface area contributed by atoms with Crippen LogP contribution in [0.4, 0.5) is 5.69 Å². The van der Waals surface area contributed by atoms with Crippen molar-refractivity contribution in [3.05, 3.63) is 65.7 Å². The number of nitrogens with zero attached hydrogens (tertiary/aromatic N) is 3. The van der Waals surface area contributed by atoms with Crippen molar-refractivity contribution in [1.29, 1.82) is 0 Å². The van der Waals surface area contributed by atoms with E-state index in [1.54, 1.807) is 24.3 Å². The Morgan fingerprint density at radius 1 is 1.03 bits per heavy atom. The van der Waals surface area contributed by atoms with Gasteiger partial charge in [-0.1, -0.05) is 48.2 Å². The number of likely N-dealkylation sites (tertiary alicyclic amines) is 1. The van der Waals surface area contributed by atoms with Gasteiger partial charge in [-0.2, -0.15) is 4.99 Å². The number of thioether (sulfide) groups is 1. The lowest BCUT2D eigenvalue weighted by atomic mass is 10.1. The molecule has 1 atom stereocenters. The predicted molar refractivity (Wildman–Crippen MR) is 138 cm³/mol. The SMILES string of the molecule is O=C(CC1SC(N2CCCCC2)=NC1=O)Nc1cccc(C(=O)N(Cc2ccccc2)C2CC2)c1. The molecule has 1 unspecified atom stereocenters. The van der Waals surface area contributed by atoms with Crippen LogP contribution >= 0.6 is 11.8 Å². The number of carbonyl (C=O) groups excluding carboxylic acids is 3. The van der Waals surface area contributed by atoms with E-state index in [0.717, 1.165) is 49.5 Å². The van der Waals surface area contributed by atoms with Gasteiger partial charge in [0.05, 0.1) is 0 Å². The second-order valence-corrected chi connectivity index (χ2v) is 10.5. The molecule has 2 aliphatic heterocycles. The first-order valence-corrected chi connectivity index (χ1v) is 13.2. The van der Waals surface area contributed by atoms with Gasteiger partial charge in [0.15, 0.2) is 5.17 Å². The van der Waals surface area contributed by atoms with Gasteiger partial charge in [0, 0.05) is 43.3 Å². The van der Waals surface area contributed by atoms with Crippen molar-refractivity contribution in [1.82, 2.24) is 9.80 Å². The van der Waals surface area contributed by atoms with Gasteiger partial charge in [0.25, 0.3) is 11.8 Å². The zero-order chi connectivity index (χ0) is 24.2. The fourth-order valence-corrected chi connectivity index (χ4v) is 5.66. The number of carbonyl (C=O) groups is 3. The van der Waals surface area contributed by atoms with Gasteiger partial charge in [-0.15, -0.1) is 0 Å². The summed E-state index contributed by atoms with van der Waals surface area (Å²) in [5, 5.41) is 3.13. The monoisotopic (exact) mass is 490 g/mol. The number of anilines is 1. The molecule has 1 saturated carbocycles. The summed E-state index contributed by atoms with van der Waals surface area (Å²) in [6.07, 6.45) is 5.52. The highest BCUT2D eigenvalue weighted by Crippen LogP contribution is 2.31. The summed E-state index contributed by atoms with van der Waals surface area (Å²) in [5.41, 5.74) is 2.21. The summed E-state index contributed by atoms with van der Waals surface area (Å²) in [4.78, 5) is 46.7. The molecule has 1 aliphatic carbocycles. The van der Waals surface area contributed by atoms with Crippen molar-refractivity contribution in [3.63, 3.8) is 0 Å². The van der Waals surface area contributed by atoms with E-state index in [4.69, 9.17) is 0 Å². The van der Waals surface area contributed by atoms with E-state index in [1.165, 1.54) is 18.2 Å². The molecule has 2 aromatic rings. The predicted octanol–water partition coefficient (Wildman–Crippen LogP) is 4.30. The largest absolute Gasteiger partial charge is 0.351 e. The number of rotatable bonds is 7. The third kappa shape index (κ3) is 5.93. The molecule has 5 rings (SSSR count). The van der Waals surface area contributed by atoms with Crippen molar-refractivity contribution >= 4 is 40.3 Å². The molecule has 8 heteroatoms. The second-order valence-electron chi connectivity index (χ2n) is 9.37. The van der Waals surface area contributed by atoms with E-state index in [9.17, 15) is 14.4 Å². The molecule has 35 heavy (non-hydrogen) atoms.